The maximum absolute atomic E-state index is 13.4. The summed E-state index contributed by atoms with van der Waals surface area (Å²) in [5, 5.41) is 12.7. The van der Waals surface area contributed by atoms with Crippen LogP contribution in [-0.2, 0) is 20.7 Å². The van der Waals surface area contributed by atoms with Crippen LogP contribution < -0.4 is 4.74 Å². The lowest BCUT2D eigenvalue weighted by molar-refractivity contribution is -0.139. The number of aromatic amines is 1. The van der Waals surface area contributed by atoms with Crippen molar-refractivity contribution in [2.24, 2.45) is 0 Å². The van der Waals surface area contributed by atoms with Crippen molar-refractivity contribution in [3.05, 3.63) is 105 Å². The van der Waals surface area contributed by atoms with E-state index in [2.05, 4.69) is 4.98 Å². The number of nitrogens with one attached hydrogen (secondary N) is 1. The predicted molar refractivity (Wildman–Crippen MR) is 152 cm³/mol. The molecule has 204 valence electrons. The Kier molecular flexibility index (Phi) is 7.56. The fourth-order valence-corrected chi connectivity index (χ4v) is 5.43. The molecule has 1 fully saturated rings. The number of H-pyrrole nitrogens is 1. The Morgan fingerprint density at radius 1 is 1.02 bits per heavy atom. The number of carbonyl (C=O) groups is 3. The molecule has 8 nitrogen and oxygen atoms in total. The van der Waals surface area contributed by atoms with Gasteiger partial charge >= 0.3 is 5.97 Å². The van der Waals surface area contributed by atoms with E-state index in [9.17, 15) is 19.5 Å². The van der Waals surface area contributed by atoms with Crippen LogP contribution in [0.2, 0.25) is 10.0 Å². The van der Waals surface area contributed by atoms with Gasteiger partial charge in [-0.25, -0.2) is 4.79 Å². The van der Waals surface area contributed by atoms with Crippen molar-refractivity contribution in [2.75, 3.05) is 20.8 Å². The number of esters is 1. The van der Waals surface area contributed by atoms with E-state index in [1.807, 2.05) is 24.4 Å². The fraction of sp³-hybridized carbons (Fsp3) is 0.167. The summed E-state index contributed by atoms with van der Waals surface area (Å²) < 4.78 is 10.1. The van der Waals surface area contributed by atoms with Crippen LogP contribution in [-0.4, -0.2) is 53.4 Å². The lowest BCUT2D eigenvalue weighted by atomic mass is 9.94. The van der Waals surface area contributed by atoms with Crippen LogP contribution in [0.25, 0.3) is 16.7 Å². The van der Waals surface area contributed by atoms with Crippen LogP contribution in [0.3, 0.4) is 0 Å². The summed E-state index contributed by atoms with van der Waals surface area (Å²) in [7, 11) is 2.87. The van der Waals surface area contributed by atoms with Crippen molar-refractivity contribution in [1.29, 1.82) is 0 Å². The minimum absolute atomic E-state index is 0.111. The average molecular weight is 579 g/mol. The van der Waals surface area contributed by atoms with E-state index < -0.39 is 29.5 Å². The standard InChI is InChI=1S/C30H24Cl2N2O6/c1-39-20-8-10-24-22(14-20)18(15-33-24)11-12-34-26(16-3-5-17(6-4-16)30(38)40-2)25(28(36)29(34)37)27(35)21-9-7-19(31)13-23(21)32/h3-10,13-15,26,33,35H,11-12H2,1-2H3/b27-25-. The Morgan fingerprint density at radius 3 is 2.45 bits per heavy atom. The highest BCUT2D eigenvalue weighted by molar-refractivity contribution is 6.47. The van der Waals surface area contributed by atoms with Crippen molar-refractivity contribution < 1.29 is 29.0 Å². The summed E-state index contributed by atoms with van der Waals surface area (Å²) in [5.74, 6) is -1.85. The Hall–Kier alpha value is -4.27. The van der Waals surface area contributed by atoms with Crippen LogP contribution in [0.1, 0.15) is 33.1 Å². The highest BCUT2D eigenvalue weighted by Crippen LogP contribution is 2.41. The molecule has 2 N–H and O–H groups in total. The van der Waals surface area contributed by atoms with E-state index in [4.69, 9.17) is 32.7 Å². The van der Waals surface area contributed by atoms with Gasteiger partial charge in [-0.1, -0.05) is 35.3 Å². The molecule has 4 aromatic rings. The second-order valence-corrected chi connectivity index (χ2v) is 10.0. The number of ether oxygens (including phenoxy) is 2. The number of ketones is 1. The molecule has 5 rings (SSSR count). The van der Waals surface area contributed by atoms with Crippen molar-refractivity contribution >= 4 is 57.5 Å². The summed E-state index contributed by atoms with van der Waals surface area (Å²) in [4.78, 5) is 43.4. The summed E-state index contributed by atoms with van der Waals surface area (Å²) in [6.07, 6.45) is 2.27. The van der Waals surface area contributed by atoms with Crippen LogP contribution in [0.4, 0.5) is 0 Å². The average Bonchev–Trinajstić information content (AvgIpc) is 3.48. The van der Waals surface area contributed by atoms with E-state index in [1.165, 1.54) is 30.2 Å². The summed E-state index contributed by atoms with van der Waals surface area (Å²) in [6, 6.07) is 15.5. The van der Waals surface area contributed by atoms with Crippen molar-refractivity contribution in [1.82, 2.24) is 9.88 Å². The normalized spacial score (nSPS) is 16.5. The first-order valence-electron chi connectivity index (χ1n) is 12.3. The number of aliphatic hydroxyl groups is 1. The van der Waals surface area contributed by atoms with Gasteiger partial charge < -0.3 is 24.5 Å². The van der Waals surface area contributed by atoms with Gasteiger partial charge in [0.05, 0.1) is 36.4 Å². The number of rotatable bonds is 7. The number of Topliss-reactive ketones (excluding diaryl/α,β-unsaturated/α-hetero) is 1. The Balaban J connectivity index is 1.58. The highest BCUT2D eigenvalue weighted by atomic mass is 35.5. The first-order chi connectivity index (χ1) is 19.2. The largest absolute Gasteiger partial charge is 0.507 e. The predicted octanol–water partition coefficient (Wildman–Crippen LogP) is 5.93. The molecule has 1 aliphatic rings. The number of nitrogens with zero attached hydrogens (tertiary/aromatic N) is 1. The number of hydrogen-bond donors (Lipinski definition) is 2. The molecular formula is C30H24Cl2N2O6. The SMILES string of the molecule is COC(=O)c1ccc(C2/C(=C(/O)c3ccc(Cl)cc3Cl)C(=O)C(=O)N2CCc2c[nH]c3ccc(OC)cc23)cc1. The molecule has 1 atom stereocenters. The number of hydrogen-bond acceptors (Lipinski definition) is 6. The van der Waals surface area contributed by atoms with Gasteiger partial charge in [0.25, 0.3) is 11.7 Å². The summed E-state index contributed by atoms with van der Waals surface area (Å²) in [6.45, 7) is 0.170. The van der Waals surface area contributed by atoms with Gasteiger partial charge in [-0.05, 0) is 66.1 Å². The highest BCUT2D eigenvalue weighted by Gasteiger charge is 2.46. The van der Waals surface area contributed by atoms with Gasteiger partial charge in [0, 0.05) is 34.2 Å². The smallest absolute Gasteiger partial charge is 0.337 e. The molecule has 0 spiro atoms. The van der Waals surface area contributed by atoms with Gasteiger partial charge in [-0.2, -0.15) is 0 Å². The zero-order valence-electron chi connectivity index (χ0n) is 21.5. The van der Waals surface area contributed by atoms with Gasteiger partial charge in [-0.3, -0.25) is 9.59 Å². The molecule has 3 aromatic carbocycles. The summed E-state index contributed by atoms with van der Waals surface area (Å²) in [5.41, 5.74) is 2.72. The van der Waals surface area contributed by atoms with Crippen LogP contribution >= 0.6 is 23.2 Å². The number of fused-ring (bicyclic) bond motifs is 1. The molecule has 1 aromatic heterocycles. The van der Waals surface area contributed by atoms with Crippen LogP contribution in [0.15, 0.2) is 72.4 Å². The number of aliphatic hydroxyl groups excluding tert-OH is 1. The van der Waals surface area contributed by atoms with Crippen molar-refractivity contribution in [3.8, 4) is 5.75 Å². The number of benzene rings is 3. The van der Waals surface area contributed by atoms with Gasteiger partial charge in [0.15, 0.2) is 0 Å². The van der Waals surface area contributed by atoms with Crippen LogP contribution in [0.5, 0.6) is 5.75 Å². The van der Waals surface area contributed by atoms with Crippen molar-refractivity contribution in [2.45, 2.75) is 12.5 Å². The lowest BCUT2D eigenvalue weighted by Gasteiger charge is -2.25. The first-order valence-corrected chi connectivity index (χ1v) is 13.0. The fourth-order valence-electron chi connectivity index (χ4n) is 4.94. The minimum Gasteiger partial charge on any atom is -0.507 e. The second-order valence-electron chi connectivity index (χ2n) is 9.21. The lowest BCUT2D eigenvalue weighted by Crippen LogP contribution is -2.31. The molecular weight excluding hydrogens is 555 g/mol. The second kappa shape index (κ2) is 11.1. The maximum atomic E-state index is 13.4. The van der Waals surface area contributed by atoms with E-state index >= 15 is 0 Å². The monoisotopic (exact) mass is 578 g/mol. The third kappa shape index (κ3) is 4.92. The number of likely N-dealkylation sites (tertiary alicyclic amines) is 1. The topological polar surface area (TPSA) is 109 Å². The molecule has 0 bridgehead atoms. The zero-order chi connectivity index (χ0) is 28.6. The molecule has 1 aliphatic heterocycles. The van der Waals surface area contributed by atoms with E-state index in [-0.39, 0.29) is 22.7 Å². The molecule has 1 saturated heterocycles. The first kappa shape index (κ1) is 27.3. The maximum Gasteiger partial charge on any atom is 0.337 e. The third-order valence-electron chi connectivity index (χ3n) is 6.97. The number of aromatic nitrogens is 1. The molecule has 1 unspecified atom stereocenters. The van der Waals surface area contributed by atoms with E-state index in [1.54, 1.807) is 31.4 Å². The Morgan fingerprint density at radius 2 is 1.77 bits per heavy atom. The van der Waals surface area contributed by atoms with Crippen LogP contribution in [0, 0.1) is 0 Å². The van der Waals surface area contributed by atoms with Gasteiger partial charge in [-0.15, -0.1) is 0 Å². The Labute approximate surface area is 239 Å². The minimum atomic E-state index is -0.932. The molecule has 40 heavy (non-hydrogen) atoms. The van der Waals surface area contributed by atoms with Gasteiger partial charge in [0.1, 0.15) is 11.5 Å². The third-order valence-corrected chi connectivity index (χ3v) is 7.52. The molecule has 2 heterocycles. The van der Waals surface area contributed by atoms with E-state index in [0.29, 0.717) is 28.3 Å². The van der Waals surface area contributed by atoms with Gasteiger partial charge in [0.2, 0.25) is 0 Å². The molecule has 0 saturated carbocycles. The number of halogens is 2. The summed E-state index contributed by atoms with van der Waals surface area (Å²) >= 11 is 12.4. The number of amides is 1. The number of methoxy groups -OCH3 is 2. The quantitative estimate of drug-likeness (QED) is 0.122. The van der Waals surface area contributed by atoms with Crippen molar-refractivity contribution in [3.63, 3.8) is 0 Å². The number of carbonyl (C=O) groups excluding carboxylic acids is 3. The molecule has 10 heteroatoms. The molecule has 0 radical (unpaired) electrons. The van der Waals surface area contributed by atoms with E-state index in [0.717, 1.165) is 16.5 Å². The molecule has 1 amide bonds. The molecule has 0 aliphatic carbocycles. The Bertz CT molecular complexity index is 1680. The zero-order valence-corrected chi connectivity index (χ0v) is 23.0.